The maximum absolute atomic E-state index is 12.3. The minimum absolute atomic E-state index is 0.0255. The van der Waals surface area contributed by atoms with E-state index in [0.29, 0.717) is 11.4 Å². The topological polar surface area (TPSA) is 129 Å². The molecule has 10 nitrogen and oxygen atoms in total. The quantitative estimate of drug-likeness (QED) is 0.633. The fourth-order valence-electron chi connectivity index (χ4n) is 1.99. The molecule has 1 aromatic carbocycles. The van der Waals surface area contributed by atoms with E-state index in [1.165, 1.54) is 13.4 Å². The second-order valence-corrected chi connectivity index (χ2v) is 4.62. The van der Waals surface area contributed by atoms with Gasteiger partial charge in [0.25, 0.3) is 5.91 Å². The van der Waals surface area contributed by atoms with Gasteiger partial charge in [0.05, 0.1) is 11.4 Å². The molecule has 0 aliphatic heterocycles. The molecule has 10 heteroatoms. The highest BCUT2D eigenvalue weighted by Gasteiger charge is 2.18. The van der Waals surface area contributed by atoms with Gasteiger partial charge in [0.1, 0.15) is 13.1 Å². The molecule has 0 saturated heterocycles. The normalized spacial score (nSPS) is 10.8. The number of hydrogen-bond acceptors (Lipinski definition) is 7. The van der Waals surface area contributed by atoms with Crippen molar-refractivity contribution in [2.45, 2.75) is 6.73 Å². The van der Waals surface area contributed by atoms with Gasteiger partial charge in [-0.25, -0.2) is 14.2 Å². The number of aromatic nitrogens is 5. The first-order chi connectivity index (χ1) is 11.1. The summed E-state index contributed by atoms with van der Waals surface area (Å²) in [4.78, 5) is 28.4. The molecule has 0 unspecified atom stereocenters. The Labute approximate surface area is 129 Å². The number of hydrogen-bond donors (Lipinski definition) is 2. The number of nitrogens with zero attached hydrogens (tertiary/aromatic N) is 5. The lowest BCUT2D eigenvalue weighted by molar-refractivity contribution is 0.102. The van der Waals surface area contributed by atoms with Crippen molar-refractivity contribution < 1.29 is 9.53 Å². The van der Waals surface area contributed by atoms with Crippen molar-refractivity contribution in [2.75, 3.05) is 18.2 Å². The highest BCUT2D eigenvalue weighted by Crippen LogP contribution is 2.18. The molecule has 0 fully saturated rings. The summed E-state index contributed by atoms with van der Waals surface area (Å²) in [5.74, 6) is -0.538. The summed E-state index contributed by atoms with van der Waals surface area (Å²) in [5, 5.41) is 10.2. The molecule has 3 N–H and O–H groups in total. The second-order valence-electron chi connectivity index (χ2n) is 4.62. The molecule has 2 heterocycles. The lowest BCUT2D eigenvalue weighted by Gasteiger charge is -2.06. The van der Waals surface area contributed by atoms with Crippen LogP contribution in [0.4, 0.5) is 11.4 Å². The molecule has 0 radical (unpaired) electrons. The Balaban J connectivity index is 1.97. The number of nitrogen functional groups attached to an aromatic ring is 1. The highest BCUT2D eigenvalue weighted by molar-refractivity contribution is 6.07. The van der Waals surface area contributed by atoms with Gasteiger partial charge < -0.3 is 15.8 Å². The molecule has 0 saturated carbocycles. The van der Waals surface area contributed by atoms with E-state index >= 15 is 0 Å². The number of carbonyl (C=O) groups is 1. The van der Waals surface area contributed by atoms with Gasteiger partial charge in [-0.1, -0.05) is 17.3 Å². The lowest BCUT2D eigenvalue weighted by atomic mass is 10.2. The van der Waals surface area contributed by atoms with Crippen LogP contribution in [0.25, 0.3) is 5.65 Å². The van der Waals surface area contributed by atoms with Crippen molar-refractivity contribution >= 4 is 22.9 Å². The van der Waals surface area contributed by atoms with E-state index in [0.717, 1.165) is 9.08 Å². The van der Waals surface area contributed by atoms with Crippen LogP contribution in [0.2, 0.25) is 0 Å². The molecule has 118 valence electrons. The third-order valence-corrected chi connectivity index (χ3v) is 3.09. The number of amides is 1. The fourth-order valence-corrected chi connectivity index (χ4v) is 1.99. The van der Waals surface area contributed by atoms with Gasteiger partial charge in [-0.2, -0.15) is 4.68 Å². The van der Waals surface area contributed by atoms with Gasteiger partial charge in [-0.3, -0.25) is 4.79 Å². The Bertz CT molecular complexity index is 931. The molecular formula is C13H13N7O3. The predicted octanol–water partition coefficient (Wildman–Crippen LogP) is -0.276. The van der Waals surface area contributed by atoms with Crippen LogP contribution in [0.15, 0.2) is 35.4 Å². The summed E-state index contributed by atoms with van der Waals surface area (Å²) < 4.78 is 6.96. The zero-order valence-electron chi connectivity index (χ0n) is 12.1. The van der Waals surface area contributed by atoms with Gasteiger partial charge in [-0.05, 0) is 12.1 Å². The Morgan fingerprint density at radius 3 is 2.91 bits per heavy atom. The Hall–Kier alpha value is -3.27. The Morgan fingerprint density at radius 1 is 1.39 bits per heavy atom. The number of anilines is 2. The zero-order chi connectivity index (χ0) is 16.4. The fraction of sp³-hybridized carbons (Fsp3) is 0.154. The molecule has 3 rings (SSSR count). The van der Waals surface area contributed by atoms with Crippen molar-refractivity contribution in [3.05, 3.63) is 46.8 Å². The number of methoxy groups -OCH3 is 1. The van der Waals surface area contributed by atoms with E-state index in [2.05, 4.69) is 20.6 Å². The van der Waals surface area contributed by atoms with E-state index in [9.17, 15) is 9.59 Å². The van der Waals surface area contributed by atoms with Gasteiger partial charge in [-0.15, -0.1) is 5.10 Å². The van der Waals surface area contributed by atoms with Gasteiger partial charge in [0.15, 0.2) is 11.3 Å². The SMILES string of the molecule is COCn1nnc2c(C(=O)Nc3ccccc3N)ncn2c1=O. The van der Waals surface area contributed by atoms with Crippen LogP contribution in [0, 0.1) is 0 Å². The molecule has 0 aliphatic rings. The molecule has 0 bridgehead atoms. The van der Waals surface area contributed by atoms with E-state index in [1.807, 2.05) is 0 Å². The van der Waals surface area contributed by atoms with Crippen LogP contribution in [-0.2, 0) is 11.5 Å². The second kappa shape index (κ2) is 5.85. The summed E-state index contributed by atoms with van der Waals surface area (Å²) >= 11 is 0. The van der Waals surface area contributed by atoms with Crippen LogP contribution in [0.5, 0.6) is 0 Å². The Morgan fingerprint density at radius 2 is 2.17 bits per heavy atom. The van der Waals surface area contributed by atoms with Crippen molar-refractivity contribution in [1.29, 1.82) is 0 Å². The lowest BCUT2D eigenvalue weighted by Crippen LogP contribution is -2.30. The van der Waals surface area contributed by atoms with Gasteiger partial charge in [0, 0.05) is 7.11 Å². The van der Waals surface area contributed by atoms with Crippen molar-refractivity contribution in [2.24, 2.45) is 0 Å². The number of carbonyl (C=O) groups excluding carboxylic acids is 1. The molecule has 2 aromatic heterocycles. The standard InChI is InChI=1S/C13H13N7O3/c1-23-7-20-13(22)19-6-15-10(11(19)17-18-20)12(21)16-9-5-3-2-4-8(9)14/h2-6H,7,14H2,1H3,(H,16,21). The molecule has 1 amide bonds. The molecule has 0 atom stereocenters. The summed E-state index contributed by atoms with van der Waals surface area (Å²) in [6.07, 6.45) is 1.21. The van der Waals surface area contributed by atoms with Crippen LogP contribution < -0.4 is 16.7 Å². The highest BCUT2D eigenvalue weighted by atomic mass is 16.5. The minimum Gasteiger partial charge on any atom is -0.397 e. The van der Waals surface area contributed by atoms with Crippen molar-refractivity contribution in [3.63, 3.8) is 0 Å². The van der Waals surface area contributed by atoms with Crippen molar-refractivity contribution in [1.82, 2.24) is 24.4 Å². The van der Waals surface area contributed by atoms with Crippen LogP contribution in [0.1, 0.15) is 10.5 Å². The monoisotopic (exact) mass is 315 g/mol. The van der Waals surface area contributed by atoms with E-state index in [-0.39, 0.29) is 18.1 Å². The van der Waals surface area contributed by atoms with Gasteiger partial charge >= 0.3 is 5.69 Å². The van der Waals surface area contributed by atoms with Crippen LogP contribution in [-0.4, -0.2) is 37.4 Å². The largest absolute Gasteiger partial charge is 0.397 e. The zero-order valence-corrected chi connectivity index (χ0v) is 12.1. The van der Waals surface area contributed by atoms with Gasteiger partial charge in [0.2, 0.25) is 0 Å². The number of imidazole rings is 1. The number of ether oxygens (including phenoxy) is 1. The number of nitrogens with two attached hydrogens (primary N) is 1. The summed E-state index contributed by atoms with van der Waals surface area (Å²) in [5.41, 5.74) is 6.15. The molecule has 0 spiro atoms. The predicted molar refractivity (Wildman–Crippen MR) is 80.9 cm³/mol. The summed E-state index contributed by atoms with van der Waals surface area (Å²) in [7, 11) is 1.43. The number of para-hydroxylation sites is 2. The average Bonchev–Trinajstić information content (AvgIpc) is 2.97. The molecular weight excluding hydrogens is 302 g/mol. The number of nitrogens with one attached hydrogen (secondary N) is 1. The maximum atomic E-state index is 12.3. The third-order valence-electron chi connectivity index (χ3n) is 3.09. The summed E-state index contributed by atoms with van der Waals surface area (Å²) in [6, 6.07) is 6.80. The van der Waals surface area contributed by atoms with Crippen LogP contribution >= 0.6 is 0 Å². The summed E-state index contributed by atoms with van der Waals surface area (Å²) in [6.45, 7) is -0.0535. The Kier molecular flexibility index (Phi) is 3.73. The van der Waals surface area contributed by atoms with E-state index < -0.39 is 11.6 Å². The number of benzene rings is 1. The number of fused-ring (bicyclic) bond motifs is 1. The average molecular weight is 315 g/mol. The van der Waals surface area contributed by atoms with E-state index in [4.69, 9.17) is 10.5 Å². The third kappa shape index (κ3) is 2.62. The number of rotatable bonds is 4. The molecule has 3 aromatic rings. The first-order valence-corrected chi connectivity index (χ1v) is 6.57. The molecule has 0 aliphatic carbocycles. The van der Waals surface area contributed by atoms with Crippen LogP contribution in [0.3, 0.4) is 0 Å². The first kappa shape index (κ1) is 14.7. The minimum atomic E-state index is -0.538. The maximum Gasteiger partial charge on any atom is 0.355 e. The smallest absolute Gasteiger partial charge is 0.355 e. The molecule has 23 heavy (non-hydrogen) atoms. The first-order valence-electron chi connectivity index (χ1n) is 6.57. The van der Waals surface area contributed by atoms with E-state index in [1.54, 1.807) is 24.3 Å². The van der Waals surface area contributed by atoms with Crippen molar-refractivity contribution in [3.8, 4) is 0 Å².